The summed E-state index contributed by atoms with van der Waals surface area (Å²) in [6.07, 6.45) is 17.4. The van der Waals surface area contributed by atoms with E-state index in [2.05, 4.69) is 36.2 Å². The van der Waals surface area contributed by atoms with Crippen LogP contribution >= 0.6 is 0 Å². The third-order valence-electron chi connectivity index (χ3n) is 6.57. The Balaban J connectivity index is 1.39. The van der Waals surface area contributed by atoms with Gasteiger partial charge in [0.2, 0.25) is 0 Å². The number of ether oxygens (including phenoxy) is 1. The van der Waals surface area contributed by atoms with Crippen molar-refractivity contribution in [1.29, 1.82) is 0 Å². The molecule has 0 radical (unpaired) electrons. The van der Waals surface area contributed by atoms with Crippen LogP contribution in [0.2, 0.25) is 0 Å². The fourth-order valence-corrected chi connectivity index (χ4v) is 4.68. The molecule has 1 heterocycles. The Kier molecular flexibility index (Phi) is 9.05. The van der Waals surface area contributed by atoms with Gasteiger partial charge in [0.25, 0.3) is 0 Å². The molecule has 0 bridgehead atoms. The molecule has 0 N–H and O–H groups in total. The third-order valence-corrected chi connectivity index (χ3v) is 6.57. The van der Waals surface area contributed by atoms with E-state index in [1.807, 2.05) is 25.3 Å². The summed E-state index contributed by atoms with van der Waals surface area (Å²) in [5.74, 6) is 2.79. The predicted octanol–water partition coefficient (Wildman–Crippen LogP) is 7.86. The van der Waals surface area contributed by atoms with Crippen molar-refractivity contribution < 1.29 is 4.74 Å². The first-order valence-corrected chi connectivity index (χ1v) is 12.0. The zero-order valence-corrected chi connectivity index (χ0v) is 18.5. The van der Waals surface area contributed by atoms with Crippen molar-refractivity contribution in [2.45, 2.75) is 84.5 Å². The van der Waals surface area contributed by atoms with Crippen molar-refractivity contribution in [1.82, 2.24) is 4.98 Å². The maximum Gasteiger partial charge on any atom is 0.137 e. The van der Waals surface area contributed by atoms with Gasteiger partial charge in [0, 0.05) is 5.56 Å². The molecule has 3 rings (SSSR count). The maximum atomic E-state index is 5.48. The van der Waals surface area contributed by atoms with Crippen LogP contribution in [0, 0.1) is 11.8 Å². The van der Waals surface area contributed by atoms with Gasteiger partial charge in [-0.15, -0.1) is 0 Å². The number of aromatic nitrogens is 1. The van der Waals surface area contributed by atoms with Crippen LogP contribution in [0.15, 0.2) is 42.6 Å². The summed E-state index contributed by atoms with van der Waals surface area (Å²) in [5, 5.41) is 0. The van der Waals surface area contributed by atoms with E-state index in [1.165, 1.54) is 81.8 Å². The van der Waals surface area contributed by atoms with Crippen molar-refractivity contribution in [3.8, 4) is 17.0 Å². The summed E-state index contributed by atoms with van der Waals surface area (Å²) in [6.45, 7) is 4.97. The fourth-order valence-electron chi connectivity index (χ4n) is 4.68. The molecule has 0 amide bonds. The van der Waals surface area contributed by atoms with Crippen molar-refractivity contribution in [2.75, 3.05) is 6.61 Å². The lowest BCUT2D eigenvalue weighted by Crippen LogP contribution is -2.15. The van der Waals surface area contributed by atoms with Crippen LogP contribution in [0.3, 0.4) is 0 Å². The lowest BCUT2D eigenvalue weighted by molar-refractivity contribution is 0.249. The molecule has 2 nitrogen and oxygen atoms in total. The molecule has 0 saturated heterocycles. The molecule has 2 heteroatoms. The number of benzene rings is 1. The number of unbranched alkanes of at least 4 members (excludes halogenated alkanes) is 3. The highest BCUT2D eigenvalue weighted by atomic mass is 16.5. The standard InChI is InChI=1S/C27H39NO/c1-3-5-6-7-8-22-9-11-23(12-10-22)13-14-24-15-17-25(18-16-24)27-20-19-26(21-28-27)29-4-2/h15-23H,3-14H2,1-2H3. The lowest BCUT2D eigenvalue weighted by Gasteiger charge is -2.28. The molecule has 1 aliphatic rings. The first-order valence-electron chi connectivity index (χ1n) is 12.0. The van der Waals surface area contributed by atoms with E-state index < -0.39 is 0 Å². The van der Waals surface area contributed by atoms with Crippen LogP contribution in [-0.4, -0.2) is 11.6 Å². The molecule has 0 spiro atoms. The SMILES string of the molecule is CCCCCCC1CCC(CCc2ccc(-c3ccc(OCC)cn3)cc2)CC1. The van der Waals surface area contributed by atoms with Gasteiger partial charge in [-0.05, 0) is 49.3 Å². The molecule has 0 atom stereocenters. The van der Waals surface area contributed by atoms with Crippen molar-refractivity contribution in [2.24, 2.45) is 11.8 Å². The highest BCUT2D eigenvalue weighted by Gasteiger charge is 2.20. The van der Waals surface area contributed by atoms with Gasteiger partial charge in [-0.2, -0.15) is 0 Å². The van der Waals surface area contributed by atoms with Crippen molar-refractivity contribution in [3.63, 3.8) is 0 Å². The Labute approximate surface area is 178 Å². The largest absolute Gasteiger partial charge is 0.492 e. The normalized spacial score (nSPS) is 19.2. The molecule has 1 aliphatic carbocycles. The van der Waals surface area contributed by atoms with E-state index >= 15 is 0 Å². The fraction of sp³-hybridized carbons (Fsp3) is 0.593. The van der Waals surface area contributed by atoms with Gasteiger partial charge in [0.05, 0.1) is 18.5 Å². The van der Waals surface area contributed by atoms with Crippen LogP contribution in [0.5, 0.6) is 5.75 Å². The van der Waals surface area contributed by atoms with E-state index in [4.69, 9.17) is 4.74 Å². The number of nitrogens with zero attached hydrogens (tertiary/aromatic N) is 1. The molecule has 1 fully saturated rings. The van der Waals surface area contributed by atoms with Gasteiger partial charge in [0.1, 0.15) is 5.75 Å². The lowest BCUT2D eigenvalue weighted by atomic mass is 9.77. The Morgan fingerprint density at radius 3 is 2.17 bits per heavy atom. The topological polar surface area (TPSA) is 22.1 Å². The second-order valence-electron chi connectivity index (χ2n) is 8.78. The number of rotatable bonds is 11. The zero-order valence-electron chi connectivity index (χ0n) is 18.5. The minimum atomic E-state index is 0.677. The van der Waals surface area contributed by atoms with Gasteiger partial charge in [0.15, 0.2) is 0 Å². The highest BCUT2D eigenvalue weighted by molar-refractivity contribution is 5.59. The van der Waals surface area contributed by atoms with Crippen molar-refractivity contribution >= 4 is 0 Å². The average molecular weight is 394 g/mol. The Morgan fingerprint density at radius 2 is 1.55 bits per heavy atom. The minimum Gasteiger partial charge on any atom is -0.492 e. The smallest absolute Gasteiger partial charge is 0.137 e. The van der Waals surface area contributed by atoms with E-state index in [1.54, 1.807) is 0 Å². The van der Waals surface area contributed by atoms with E-state index in [9.17, 15) is 0 Å². The Morgan fingerprint density at radius 1 is 0.828 bits per heavy atom. The Bertz CT molecular complexity index is 683. The number of hydrogen-bond acceptors (Lipinski definition) is 2. The van der Waals surface area contributed by atoms with Gasteiger partial charge in [-0.3, -0.25) is 4.98 Å². The van der Waals surface area contributed by atoms with Gasteiger partial charge < -0.3 is 4.74 Å². The molecule has 1 aromatic carbocycles. The maximum absolute atomic E-state index is 5.48. The van der Waals surface area contributed by atoms with E-state index in [0.29, 0.717) is 6.61 Å². The highest BCUT2D eigenvalue weighted by Crippen LogP contribution is 2.34. The zero-order chi connectivity index (χ0) is 20.3. The van der Waals surface area contributed by atoms with Crippen LogP contribution in [-0.2, 0) is 6.42 Å². The van der Waals surface area contributed by atoms with Crippen LogP contribution in [0.1, 0.15) is 83.6 Å². The predicted molar refractivity (Wildman–Crippen MR) is 123 cm³/mol. The van der Waals surface area contributed by atoms with E-state index in [-0.39, 0.29) is 0 Å². The molecule has 1 saturated carbocycles. The monoisotopic (exact) mass is 393 g/mol. The number of aryl methyl sites for hydroxylation is 1. The molecule has 2 aromatic rings. The molecule has 0 unspecified atom stereocenters. The van der Waals surface area contributed by atoms with Crippen LogP contribution in [0.25, 0.3) is 11.3 Å². The van der Waals surface area contributed by atoms with Crippen molar-refractivity contribution in [3.05, 3.63) is 48.2 Å². The van der Waals surface area contributed by atoms with Gasteiger partial charge in [-0.1, -0.05) is 89.0 Å². The molecule has 29 heavy (non-hydrogen) atoms. The minimum absolute atomic E-state index is 0.677. The van der Waals surface area contributed by atoms with Gasteiger partial charge in [-0.25, -0.2) is 0 Å². The molecule has 0 aliphatic heterocycles. The number of pyridine rings is 1. The summed E-state index contributed by atoms with van der Waals surface area (Å²) in [5.41, 5.74) is 3.65. The third kappa shape index (κ3) is 7.17. The summed E-state index contributed by atoms with van der Waals surface area (Å²) < 4.78 is 5.48. The molecule has 158 valence electrons. The van der Waals surface area contributed by atoms with Gasteiger partial charge >= 0.3 is 0 Å². The molecular formula is C27H39NO. The summed E-state index contributed by atoms with van der Waals surface area (Å²) in [6, 6.07) is 13.0. The average Bonchev–Trinajstić information content (AvgIpc) is 2.77. The van der Waals surface area contributed by atoms with Crippen LogP contribution < -0.4 is 4.74 Å². The quantitative estimate of drug-likeness (QED) is 0.362. The second kappa shape index (κ2) is 12.0. The van der Waals surface area contributed by atoms with E-state index in [0.717, 1.165) is 23.3 Å². The first kappa shape index (κ1) is 21.9. The summed E-state index contributed by atoms with van der Waals surface area (Å²) in [7, 11) is 0. The second-order valence-corrected chi connectivity index (χ2v) is 8.78. The number of hydrogen-bond donors (Lipinski definition) is 0. The Hall–Kier alpha value is -1.83. The summed E-state index contributed by atoms with van der Waals surface area (Å²) >= 11 is 0. The molecular weight excluding hydrogens is 354 g/mol. The summed E-state index contributed by atoms with van der Waals surface area (Å²) in [4.78, 5) is 4.53. The first-order chi connectivity index (χ1) is 14.3. The van der Waals surface area contributed by atoms with Crippen LogP contribution in [0.4, 0.5) is 0 Å². The molecule has 1 aromatic heterocycles.